The molecule has 0 saturated carbocycles. The van der Waals surface area contributed by atoms with Crippen molar-refractivity contribution in [3.8, 4) is 0 Å². The zero-order valence-electron chi connectivity index (χ0n) is 5.65. The van der Waals surface area contributed by atoms with Crippen molar-refractivity contribution in [2.24, 2.45) is 0 Å². The van der Waals surface area contributed by atoms with Gasteiger partial charge >= 0.3 is 5.97 Å². The summed E-state index contributed by atoms with van der Waals surface area (Å²) >= 11 is 0. The maximum absolute atomic E-state index is 10.4. The predicted molar refractivity (Wildman–Crippen MR) is 45.5 cm³/mol. The van der Waals surface area contributed by atoms with Gasteiger partial charge in [0.05, 0.1) is 5.56 Å². The largest absolute Gasteiger partial charge is 0.478 e. The molecule has 0 spiro atoms. The average Bonchev–Trinajstić information content (AvgIpc) is 2.04. The summed E-state index contributed by atoms with van der Waals surface area (Å²) in [7, 11) is 0. The summed E-state index contributed by atoms with van der Waals surface area (Å²) in [6, 6.07) is 6.06. The fourth-order valence-corrected chi connectivity index (χ4v) is 0.795. The SMILES string of the molecule is C.O=Cc1ccccc1C(=O)O. The molecule has 0 aliphatic heterocycles. The highest BCUT2D eigenvalue weighted by molar-refractivity contribution is 5.96. The fraction of sp³-hybridized carbons (Fsp3) is 0.111. The molecule has 64 valence electrons. The number of hydrogen-bond acceptors (Lipinski definition) is 2. The molecule has 1 aromatic rings. The first kappa shape index (κ1) is 10.4. The van der Waals surface area contributed by atoms with E-state index in [0.29, 0.717) is 6.29 Å². The quantitative estimate of drug-likeness (QED) is 0.682. The Morgan fingerprint density at radius 3 is 2.33 bits per heavy atom. The number of aromatic carboxylic acids is 1. The lowest BCUT2D eigenvalue weighted by atomic mass is 10.1. The van der Waals surface area contributed by atoms with Crippen LogP contribution in [-0.4, -0.2) is 17.4 Å². The fourth-order valence-electron chi connectivity index (χ4n) is 0.795. The van der Waals surface area contributed by atoms with Crippen molar-refractivity contribution in [1.29, 1.82) is 0 Å². The summed E-state index contributed by atoms with van der Waals surface area (Å²) in [4.78, 5) is 20.7. The van der Waals surface area contributed by atoms with E-state index in [-0.39, 0.29) is 18.6 Å². The number of aldehydes is 1. The van der Waals surface area contributed by atoms with Gasteiger partial charge in [-0.15, -0.1) is 0 Å². The van der Waals surface area contributed by atoms with Gasteiger partial charge in [-0.1, -0.05) is 25.6 Å². The summed E-state index contributed by atoms with van der Waals surface area (Å²) in [5.41, 5.74) is 0.252. The molecule has 0 radical (unpaired) electrons. The lowest BCUT2D eigenvalue weighted by Crippen LogP contribution is -2.00. The Morgan fingerprint density at radius 2 is 1.92 bits per heavy atom. The molecule has 3 heteroatoms. The van der Waals surface area contributed by atoms with E-state index in [0.717, 1.165) is 0 Å². The van der Waals surface area contributed by atoms with Gasteiger partial charge in [-0.05, 0) is 6.07 Å². The van der Waals surface area contributed by atoms with Crippen LogP contribution in [0.3, 0.4) is 0 Å². The molecule has 0 saturated heterocycles. The van der Waals surface area contributed by atoms with Gasteiger partial charge in [0.2, 0.25) is 0 Å². The molecule has 0 amide bonds. The summed E-state index contributed by atoms with van der Waals surface area (Å²) in [6.07, 6.45) is 0.531. The summed E-state index contributed by atoms with van der Waals surface area (Å²) in [6.45, 7) is 0. The zero-order valence-corrected chi connectivity index (χ0v) is 5.65. The van der Waals surface area contributed by atoms with Crippen LogP contribution in [0.2, 0.25) is 0 Å². The first-order valence-corrected chi connectivity index (χ1v) is 3.03. The number of rotatable bonds is 2. The molecule has 0 atom stereocenters. The minimum Gasteiger partial charge on any atom is -0.478 e. The van der Waals surface area contributed by atoms with E-state index in [2.05, 4.69) is 0 Å². The Kier molecular flexibility index (Phi) is 3.70. The Hall–Kier alpha value is -1.64. The Morgan fingerprint density at radius 1 is 1.33 bits per heavy atom. The van der Waals surface area contributed by atoms with E-state index < -0.39 is 5.97 Å². The Labute approximate surface area is 70.6 Å². The molecule has 0 bridgehead atoms. The molecule has 0 fully saturated rings. The molecule has 0 unspecified atom stereocenters. The van der Waals surface area contributed by atoms with Crippen molar-refractivity contribution in [2.75, 3.05) is 0 Å². The van der Waals surface area contributed by atoms with Crippen LogP contribution in [0.25, 0.3) is 0 Å². The van der Waals surface area contributed by atoms with E-state index >= 15 is 0 Å². The van der Waals surface area contributed by atoms with E-state index in [4.69, 9.17) is 5.11 Å². The number of hydrogen-bond donors (Lipinski definition) is 1. The van der Waals surface area contributed by atoms with Crippen molar-refractivity contribution >= 4 is 12.3 Å². The molecule has 0 aromatic heterocycles. The third-order valence-corrected chi connectivity index (χ3v) is 1.32. The number of carbonyl (C=O) groups excluding carboxylic acids is 1. The van der Waals surface area contributed by atoms with Crippen molar-refractivity contribution in [1.82, 2.24) is 0 Å². The Bertz CT molecular complexity index is 292. The third-order valence-electron chi connectivity index (χ3n) is 1.32. The highest BCUT2D eigenvalue weighted by Gasteiger charge is 2.06. The van der Waals surface area contributed by atoms with Gasteiger partial charge in [0, 0.05) is 5.56 Å². The van der Waals surface area contributed by atoms with Crippen LogP contribution in [0.5, 0.6) is 0 Å². The van der Waals surface area contributed by atoms with Crippen LogP contribution in [0.1, 0.15) is 28.1 Å². The summed E-state index contributed by atoms with van der Waals surface area (Å²) in [5, 5.41) is 8.54. The number of carboxylic acids is 1. The second kappa shape index (κ2) is 4.28. The molecule has 12 heavy (non-hydrogen) atoms. The maximum atomic E-state index is 10.4. The lowest BCUT2D eigenvalue weighted by Gasteiger charge is -1.95. The smallest absolute Gasteiger partial charge is 0.336 e. The van der Waals surface area contributed by atoms with Crippen LogP contribution in [-0.2, 0) is 0 Å². The van der Waals surface area contributed by atoms with Gasteiger partial charge in [0.15, 0.2) is 6.29 Å². The van der Waals surface area contributed by atoms with E-state index in [1.54, 1.807) is 12.1 Å². The summed E-state index contributed by atoms with van der Waals surface area (Å²) < 4.78 is 0. The molecule has 0 aliphatic carbocycles. The second-order valence-electron chi connectivity index (χ2n) is 2.01. The van der Waals surface area contributed by atoms with Crippen LogP contribution < -0.4 is 0 Å². The zero-order chi connectivity index (χ0) is 8.27. The lowest BCUT2D eigenvalue weighted by molar-refractivity contribution is 0.0694. The predicted octanol–water partition coefficient (Wildman–Crippen LogP) is 1.83. The normalized spacial score (nSPS) is 8.33. The van der Waals surface area contributed by atoms with Crippen molar-refractivity contribution in [3.63, 3.8) is 0 Å². The van der Waals surface area contributed by atoms with E-state index in [9.17, 15) is 9.59 Å². The Balaban J connectivity index is 0.00000121. The van der Waals surface area contributed by atoms with Crippen LogP contribution in [0, 0.1) is 0 Å². The van der Waals surface area contributed by atoms with Gasteiger partial charge in [0.25, 0.3) is 0 Å². The topological polar surface area (TPSA) is 54.4 Å². The molecule has 3 nitrogen and oxygen atoms in total. The van der Waals surface area contributed by atoms with Crippen LogP contribution >= 0.6 is 0 Å². The van der Waals surface area contributed by atoms with Crippen LogP contribution in [0.4, 0.5) is 0 Å². The van der Waals surface area contributed by atoms with Crippen molar-refractivity contribution in [3.05, 3.63) is 35.4 Å². The molecule has 1 aromatic carbocycles. The van der Waals surface area contributed by atoms with Crippen molar-refractivity contribution < 1.29 is 14.7 Å². The van der Waals surface area contributed by atoms with Crippen LogP contribution in [0.15, 0.2) is 24.3 Å². The van der Waals surface area contributed by atoms with Crippen molar-refractivity contribution in [2.45, 2.75) is 7.43 Å². The van der Waals surface area contributed by atoms with Gasteiger partial charge in [-0.2, -0.15) is 0 Å². The summed E-state index contributed by atoms with van der Waals surface area (Å²) in [5.74, 6) is -1.08. The first-order valence-electron chi connectivity index (χ1n) is 3.03. The molecular formula is C9H10O3. The minimum absolute atomic E-state index is 0. The van der Waals surface area contributed by atoms with Gasteiger partial charge in [-0.3, -0.25) is 4.79 Å². The monoisotopic (exact) mass is 166 g/mol. The number of carbonyl (C=O) groups is 2. The highest BCUT2D eigenvalue weighted by Crippen LogP contribution is 2.04. The number of benzene rings is 1. The molecule has 1 rings (SSSR count). The highest BCUT2D eigenvalue weighted by atomic mass is 16.4. The number of carboxylic acid groups (broad SMARTS) is 1. The standard InChI is InChI=1S/C8H6O3.CH4/c9-5-6-3-1-2-4-7(6)8(10)11;/h1-5H,(H,10,11);1H4. The minimum atomic E-state index is -1.08. The van der Waals surface area contributed by atoms with Gasteiger partial charge in [-0.25, -0.2) is 4.79 Å². The molecule has 0 aliphatic rings. The maximum Gasteiger partial charge on any atom is 0.336 e. The van der Waals surface area contributed by atoms with Gasteiger partial charge < -0.3 is 5.11 Å². The molecule has 0 heterocycles. The van der Waals surface area contributed by atoms with Gasteiger partial charge in [0.1, 0.15) is 0 Å². The molecular weight excluding hydrogens is 156 g/mol. The average molecular weight is 166 g/mol. The van der Waals surface area contributed by atoms with E-state index in [1.807, 2.05) is 0 Å². The second-order valence-corrected chi connectivity index (χ2v) is 2.01. The molecule has 1 N–H and O–H groups in total. The van der Waals surface area contributed by atoms with E-state index in [1.165, 1.54) is 12.1 Å². The first-order chi connectivity index (χ1) is 5.25. The third kappa shape index (κ3) is 1.92.